The van der Waals surface area contributed by atoms with Crippen LogP contribution in [-0.2, 0) is 9.59 Å². The van der Waals surface area contributed by atoms with E-state index in [2.05, 4.69) is 5.32 Å². The first kappa shape index (κ1) is 14.0. The van der Waals surface area contributed by atoms with Gasteiger partial charge in [-0.25, -0.2) is 0 Å². The Balaban J connectivity index is 2.26. The molecule has 5 heteroatoms. The number of amides is 2. The summed E-state index contributed by atoms with van der Waals surface area (Å²) >= 11 is 0. The third-order valence-electron chi connectivity index (χ3n) is 3.21. The van der Waals surface area contributed by atoms with Gasteiger partial charge < -0.3 is 16.8 Å². The van der Waals surface area contributed by atoms with Gasteiger partial charge in [-0.2, -0.15) is 0 Å². The summed E-state index contributed by atoms with van der Waals surface area (Å²) in [5.74, 6) is -0.00475. The first-order valence-electron chi connectivity index (χ1n) is 6.30. The fourth-order valence-corrected chi connectivity index (χ4v) is 2.47. The molecule has 0 aromatic rings. The van der Waals surface area contributed by atoms with Crippen LogP contribution in [0.2, 0.25) is 0 Å². The number of hydrogen-bond donors (Lipinski definition) is 3. The SMILES string of the molecule is CC(CC(N)=O)NC(=O)CC1CCCC(N)C1. The third-order valence-corrected chi connectivity index (χ3v) is 3.21. The number of primary amides is 1. The van der Waals surface area contributed by atoms with Gasteiger partial charge in [-0.15, -0.1) is 0 Å². The van der Waals surface area contributed by atoms with Crippen LogP contribution in [-0.4, -0.2) is 23.9 Å². The van der Waals surface area contributed by atoms with Crippen LogP contribution in [0.5, 0.6) is 0 Å². The molecule has 0 aromatic heterocycles. The number of hydrogen-bond acceptors (Lipinski definition) is 3. The molecule has 3 unspecified atom stereocenters. The van der Waals surface area contributed by atoms with Crippen molar-refractivity contribution < 1.29 is 9.59 Å². The molecule has 17 heavy (non-hydrogen) atoms. The zero-order valence-electron chi connectivity index (χ0n) is 10.4. The summed E-state index contributed by atoms with van der Waals surface area (Å²) in [6.07, 6.45) is 4.88. The lowest BCUT2D eigenvalue weighted by atomic mass is 9.84. The summed E-state index contributed by atoms with van der Waals surface area (Å²) in [4.78, 5) is 22.4. The second-order valence-corrected chi connectivity index (χ2v) is 5.14. The summed E-state index contributed by atoms with van der Waals surface area (Å²) in [5.41, 5.74) is 10.9. The lowest BCUT2D eigenvalue weighted by Gasteiger charge is -2.26. The van der Waals surface area contributed by atoms with Crippen molar-refractivity contribution in [2.24, 2.45) is 17.4 Å². The minimum absolute atomic E-state index is 0.00199. The fourth-order valence-electron chi connectivity index (χ4n) is 2.47. The Bertz CT molecular complexity index is 281. The number of rotatable bonds is 5. The maximum atomic E-state index is 11.7. The molecule has 1 aliphatic carbocycles. The van der Waals surface area contributed by atoms with Gasteiger partial charge in [-0.3, -0.25) is 9.59 Å². The number of carbonyl (C=O) groups excluding carboxylic acids is 2. The van der Waals surface area contributed by atoms with E-state index in [1.807, 2.05) is 0 Å². The molecular weight excluding hydrogens is 218 g/mol. The Morgan fingerprint density at radius 2 is 2.12 bits per heavy atom. The second kappa shape index (κ2) is 6.59. The molecule has 5 N–H and O–H groups in total. The van der Waals surface area contributed by atoms with Gasteiger partial charge in [0.1, 0.15) is 0 Å². The van der Waals surface area contributed by atoms with Crippen molar-refractivity contribution in [2.75, 3.05) is 0 Å². The van der Waals surface area contributed by atoms with E-state index in [0.29, 0.717) is 12.3 Å². The van der Waals surface area contributed by atoms with Crippen molar-refractivity contribution in [1.29, 1.82) is 0 Å². The molecule has 5 nitrogen and oxygen atoms in total. The molecule has 3 atom stereocenters. The lowest BCUT2D eigenvalue weighted by molar-refractivity contribution is -0.123. The van der Waals surface area contributed by atoms with Gasteiger partial charge in [0.25, 0.3) is 0 Å². The summed E-state index contributed by atoms with van der Waals surface area (Å²) in [7, 11) is 0. The Hall–Kier alpha value is -1.10. The quantitative estimate of drug-likeness (QED) is 0.644. The highest BCUT2D eigenvalue weighted by atomic mass is 16.2. The van der Waals surface area contributed by atoms with Crippen molar-refractivity contribution in [3.63, 3.8) is 0 Å². The van der Waals surface area contributed by atoms with E-state index in [0.717, 1.165) is 25.7 Å². The summed E-state index contributed by atoms with van der Waals surface area (Å²) in [6, 6.07) is 0.0573. The van der Waals surface area contributed by atoms with Crippen LogP contribution in [0, 0.1) is 5.92 Å². The van der Waals surface area contributed by atoms with E-state index in [-0.39, 0.29) is 24.4 Å². The third kappa shape index (κ3) is 5.68. The van der Waals surface area contributed by atoms with Crippen LogP contribution in [0.4, 0.5) is 0 Å². The molecule has 1 rings (SSSR count). The molecule has 0 radical (unpaired) electrons. The molecular formula is C12H23N3O2. The Morgan fingerprint density at radius 1 is 1.41 bits per heavy atom. The van der Waals surface area contributed by atoms with Crippen LogP contribution in [0.25, 0.3) is 0 Å². The highest BCUT2D eigenvalue weighted by Gasteiger charge is 2.22. The topological polar surface area (TPSA) is 98.2 Å². The van der Waals surface area contributed by atoms with Crippen LogP contribution in [0.3, 0.4) is 0 Å². The molecule has 2 amide bonds. The predicted molar refractivity (Wildman–Crippen MR) is 66.0 cm³/mol. The van der Waals surface area contributed by atoms with Crippen LogP contribution in [0.1, 0.15) is 45.4 Å². The van der Waals surface area contributed by atoms with Crippen molar-refractivity contribution >= 4 is 11.8 Å². The predicted octanol–water partition coefficient (Wildman–Crippen LogP) is 0.274. The number of nitrogens with one attached hydrogen (secondary N) is 1. The van der Waals surface area contributed by atoms with E-state index in [4.69, 9.17) is 11.5 Å². The standard InChI is InChI=1S/C12H23N3O2/c1-8(5-11(14)16)15-12(17)7-9-3-2-4-10(13)6-9/h8-10H,2-7,13H2,1H3,(H2,14,16)(H,15,17). The molecule has 0 bridgehead atoms. The van der Waals surface area contributed by atoms with Gasteiger partial charge in [0, 0.05) is 24.9 Å². The van der Waals surface area contributed by atoms with E-state index >= 15 is 0 Å². The Morgan fingerprint density at radius 3 is 2.71 bits per heavy atom. The number of carbonyl (C=O) groups is 2. The van der Waals surface area contributed by atoms with Crippen LogP contribution < -0.4 is 16.8 Å². The van der Waals surface area contributed by atoms with Gasteiger partial charge in [0.05, 0.1) is 0 Å². The molecule has 0 heterocycles. The van der Waals surface area contributed by atoms with Gasteiger partial charge in [-0.1, -0.05) is 6.42 Å². The zero-order valence-corrected chi connectivity index (χ0v) is 10.4. The lowest BCUT2D eigenvalue weighted by Crippen LogP contribution is -2.37. The Kier molecular flexibility index (Phi) is 5.41. The van der Waals surface area contributed by atoms with Crippen molar-refractivity contribution in [3.8, 4) is 0 Å². The second-order valence-electron chi connectivity index (χ2n) is 5.14. The first-order valence-corrected chi connectivity index (χ1v) is 6.30. The van der Waals surface area contributed by atoms with E-state index in [1.165, 1.54) is 0 Å². The highest BCUT2D eigenvalue weighted by Crippen LogP contribution is 2.25. The molecule has 1 fully saturated rings. The largest absolute Gasteiger partial charge is 0.370 e. The minimum Gasteiger partial charge on any atom is -0.370 e. The molecule has 0 spiro atoms. The molecule has 1 saturated carbocycles. The summed E-state index contributed by atoms with van der Waals surface area (Å²) < 4.78 is 0. The van der Waals surface area contributed by atoms with E-state index < -0.39 is 5.91 Å². The summed E-state index contributed by atoms with van der Waals surface area (Å²) in [6.45, 7) is 1.79. The normalized spacial score (nSPS) is 26.2. The maximum absolute atomic E-state index is 11.7. The fraction of sp³-hybridized carbons (Fsp3) is 0.833. The smallest absolute Gasteiger partial charge is 0.220 e. The van der Waals surface area contributed by atoms with Crippen molar-refractivity contribution in [3.05, 3.63) is 0 Å². The van der Waals surface area contributed by atoms with Crippen molar-refractivity contribution in [1.82, 2.24) is 5.32 Å². The van der Waals surface area contributed by atoms with Crippen molar-refractivity contribution in [2.45, 2.75) is 57.5 Å². The monoisotopic (exact) mass is 241 g/mol. The zero-order chi connectivity index (χ0) is 12.8. The molecule has 98 valence electrons. The molecule has 0 saturated heterocycles. The maximum Gasteiger partial charge on any atom is 0.220 e. The minimum atomic E-state index is -0.391. The average molecular weight is 241 g/mol. The van der Waals surface area contributed by atoms with E-state index in [1.54, 1.807) is 6.92 Å². The Labute approximate surface area is 102 Å². The average Bonchev–Trinajstić information content (AvgIpc) is 2.14. The van der Waals surface area contributed by atoms with Gasteiger partial charge in [-0.05, 0) is 32.1 Å². The van der Waals surface area contributed by atoms with Crippen LogP contribution in [0.15, 0.2) is 0 Å². The molecule has 0 aromatic carbocycles. The number of nitrogens with two attached hydrogens (primary N) is 2. The first-order chi connectivity index (χ1) is 7.97. The van der Waals surface area contributed by atoms with Gasteiger partial charge >= 0.3 is 0 Å². The summed E-state index contributed by atoms with van der Waals surface area (Å²) in [5, 5.41) is 2.79. The van der Waals surface area contributed by atoms with Gasteiger partial charge in [0.15, 0.2) is 0 Å². The van der Waals surface area contributed by atoms with E-state index in [9.17, 15) is 9.59 Å². The highest BCUT2D eigenvalue weighted by molar-refractivity contribution is 5.78. The molecule has 1 aliphatic rings. The van der Waals surface area contributed by atoms with Crippen LogP contribution >= 0.6 is 0 Å². The molecule has 0 aliphatic heterocycles. The van der Waals surface area contributed by atoms with Gasteiger partial charge in [0.2, 0.25) is 11.8 Å².